The zero-order chi connectivity index (χ0) is 16.7. The molecule has 0 aliphatic heterocycles. The highest BCUT2D eigenvalue weighted by molar-refractivity contribution is 5.93. The first-order valence-corrected chi connectivity index (χ1v) is 9.81. The standard InChI is InChI=1S/C21H30N2O/c1-3-15-4-6-19(7-5-15)22-20(24)14(2)23-21-11-16-8-17(12-21)10-18(9-16)13-21/h4-7,14,16-18,23H,3,8-13H2,1-2H3,(H,22,24)/p+1/t14-,16?,17?,18?,21?/m0/s1. The topological polar surface area (TPSA) is 45.7 Å². The Bertz CT molecular complexity index is 571. The summed E-state index contributed by atoms with van der Waals surface area (Å²) < 4.78 is 0. The van der Waals surface area contributed by atoms with Gasteiger partial charge in [-0.3, -0.25) is 4.79 Å². The molecule has 3 N–H and O–H groups in total. The Kier molecular flexibility index (Phi) is 4.16. The fourth-order valence-corrected chi connectivity index (χ4v) is 6.07. The number of nitrogens with one attached hydrogen (secondary N) is 1. The van der Waals surface area contributed by atoms with E-state index in [-0.39, 0.29) is 11.9 Å². The lowest BCUT2D eigenvalue weighted by molar-refractivity contribution is -0.754. The second kappa shape index (κ2) is 6.18. The molecular formula is C21H31N2O+. The summed E-state index contributed by atoms with van der Waals surface area (Å²) in [7, 11) is 0. The quantitative estimate of drug-likeness (QED) is 0.857. The Morgan fingerprint density at radius 2 is 1.67 bits per heavy atom. The molecule has 1 aromatic carbocycles. The maximum Gasteiger partial charge on any atom is 0.282 e. The predicted molar refractivity (Wildman–Crippen MR) is 96.7 cm³/mol. The van der Waals surface area contributed by atoms with E-state index in [1.54, 1.807) is 0 Å². The molecule has 130 valence electrons. The third kappa shape index (κ3) is 3.11. The fourth-order valence-electron chi connectivity index (χ4n) is 6.07. The highest BCUT2D eigenvalue weighted by Gasteiger charge is 2.54. The molecule has 0 aromatic heterocycles. The van der Waals surface area contributed by atoms with Crippen molar-refractivity contribution in [1.82, 2.24) is 0 Å². The number of benzene rings is 1. The van der Waals surface area contributed by atoms with Crippen LogP contribution in [0.25, 0.3) is 0 Å². The molecule has 0 saturated heterocycles. The van der Waals surface area contributed by atoms with E-state index in [1.165, 1.54) is 44.1 Å². The van der Waals surface area contributed by atoms with Crippen LogP contribution < -0.4 is 10.6 Å². The molecule has 0 heterocycles. The molecule has 0 unspecified atom stereocenters. The van der Waals surface area contributed by atoms with Gasteiger partial charge in [0, 0.05) is 24.9 Å². The minimum absolute atomic E-state index is 0.00731. The van der Waals surface area contributed by atoms with Gasteiger partial charge in [0.25, 0.3) is 5.91 Å². The third-order valence-corrected chi connectivity index (χ3v) is 6.73. The number of aryl methyl sites for hydroxylation is 1. The van der Waals surface area contributed by atoms with E-state index in [4.69, 9.17) is 0 Å². The molecule has 3 heteroatoms. The zero-order valence-electron chi connectivity index (χ0n) is 15.1. The van der Waals surface area contributed by atoms with Crippen LogP contribution in [0.3, 0.4) is 0 Å². The van der Waals surface area contributed by atoms with Crippen LogP contribution in [-0.2, 0) is 11.2 Å². The van der Waals surface area contributed by atoms with Crippen molar-refractivity contribution in [2.75, 3.05) is 5.32 Å². The lowest BCUT2D eigenvalue weighted by Crippen LogP contribution is -3.03. The Hall–Kier alpha value is -1.35. The van der Waals surface area contributed by atoms with Crippen molar-refractivity contribution in [3.05, 3.63) is 29.8 Å². The largest absolute Gasteiger partial charge is 0.331 e. The number of anilines is 1. The number of hydrogen-bond acceptors (Lipinski definition) is 1. The van der Waals surface area contributed by atoms with Gasteiger partial charge < -0.3 is 10.6 Å². The molecule has 4 fully saturated rings. The first-order valence-electron chi connectivity index (χ1n) is 9.81. The van der Waals surface area contributed by atoms with Gasteiger partial charge in [0.05, 0.1) is 5.54 Å². The zero-order valence-corrected chi connectivity index (χ0v) is 15.1. The lowest BCUT2D eigenvalue weighted by Gasteiger charge is -2.55. The van der Waals surface area contributed by atoms with Gasteiger partial charge in [0.15, 0.2) is 6.04 Å². The minimum Gasteiger partial charge on any atom is -0.331 e. The first kappa shape index (κ1) is 16.1. The van der Waals surface area contributed by atoms with E-state index < -0.39 is 0 Å². The van der Waals surface area contributed by atoms with Gasteiger partial charge in [-0.2, -0.15) is 0 Å². The van der Waals surface area contributed by atoms with Crippen LogP contribution in [-0.4, -0.2) is 17.5 Å². The van der Waals surface area contributed by atoms with Crippen LogP contribution in [0.4, 0.5) is 5.69 Å². The van der Waals surface area contributed by atoms with Gasteiger partial charge >= 0.3 is 0 Å². The SMILES string of the molecule is CCc1ccc(NC(=O)[C@H](C)[NH2+]C23CC4CC(CC(C4)C2)C3)cc1. The van der Waals surface area contributed by atoms with Gasteiger partial charge in [-0.25, -0.2) is 0 Å². The van der Waals surface area contributed by atoms with Crippen LogP contribution in [0.15, 0.2) is 24.3 Å². The summed E-state index contributed by atoms with van der Waals surface area (Å²) >= 11 is 0. The lowest BCUT2D eigenvalue weighted by atomic mass is 9.53. The Labute approximate surface area is 145 Å². The second-order valence-corrected chi connectivity index (χ2v) is 8.77. The molecule has 3 nitrogen and oxygen atoms in total. The van der Waals surface area contributed by atoms with E-state index in [9.17, 15) is 4.79 Å². The first-order chi connectivity index (χ1) is 11.5. The summed E-state index contributed by atoms with van der Waals surface area (Å²) in [5, 5.41) is 5.53. The highest BCUT2D eigenvalue weighted by Crippen LogP contribution is 2.54. The molecule has 5 rings (SSSR count). The average Bonchev–Trinajstić information content (AvgIpc) is 2.53. The summed E-state index contributed by atoms with van der Waals surface area (Å²) in [6.07, 6.45) is 9.40. The number of carbonyl (C=O) groups is 1. The summed E-state index contributed by atoms with van der Waals surface area (Å²) in [5.74, 6) is 2.95. The molecule has 1 atom stereocenters. The number of hydrogen-bond donors (Lipinski definition) is 2. The van der Waals surface area contributed by atoms with Crippen LogP contribution in [0.5, 0.6) is 0 Å². The molecule has 0 spiro atoms. The van der Waals surface area contributed by atoms with Crippen LogP contribution >= 0.6 is 0 Å². The van der Waals surface area contributed by atoms with Gasteiger partial charge in [-0.15, -0.1) is 0 Å². The second-order valence-electron chi connectivity index (χ2n) is 8.77. The highest BCUT2D eigenvalue weighted by atomic mass is 16.2. The Morgan fingerprint density at radius 3 is 2.17 bits per heavy atom. The molecule has 4 aliphatic carbocycles. The molecule has 24 heavy (non-hydrogen) atoms. The van der Waals surface area contributed by atoms with Crippen LogP contribution in [0.1, 0.15) is 57.9 Å². The van der Waals surface area contributed by atoms with E-state index >= 15 is 0 Å². The molecular weight excluding hydrogens is 296 g/mol. The number of carbonyl (C=O) groups excluding carboxylic acids is 1. The monoisotopic (exact) mass is 327 g/mol. The summed E-state index contributed by atoms with van der Waals surface area (Å²) in [5.41, 5.74) is 2.58. The molecule has 1 amide bonds. The van der Waals surface area contributed by atoms with Crippen molar-refractivity contribution in [3.8, 4) is 0 Å². The number of nitrogens with two attached hydrogens (primary N) is 1. The van der Waals surface area contributed by atoms with Crippen molar-refractivity contribution >= 4 is 11.6 Å². The van der Waals surface area contributed by atoms with E-state index in [1.807, 2.05) is 12.1 Å². The summed E-state index contributed by atoms with van der Waals surface area (Å²) in [4.78, 5) is 12.6. The van der Waals surface area contributed by atoms with Crippen molar-refractivity contribution in [1.29, 1.82) is 0 Å². The van der Waals surface area contributed by atoms with Crippen molar-refractivity contribution in [2.24, 2.45) is 17.8 Å². The van der Waals surface area contributed by atoms with Crippen molar-refractivity contribution < 1.29 is 10.1 Å². The Morgan fingerprint density at radius 1 is 1.12 bits per heavy atom. The maximum absolute atomic E-state index is 12.6. The molecule has 0 radical (unpaired) electrons. The third-order valence-electron chi connectivity index (χ3n) is 6.73. The fraction of sp³-hybridized carbons (Fsp3) is 0.667. The molecule has 4 saturated carbocycles. The van der Waals surface area contributed by atoms with Crippen LogP contribution in [0.2, 0.25) is 0 Å². The summed E-state index contributed by atoms with van der Waals surface area (Å²) in [6, 6.07) is 8.24. The number of quaternary nitrogens is 1. The molecule has 4 aliphatic rings. The minimum atomic E-state index is -0.00731. The van der Waals surface area contributed by atoms with E-state index in [2.05, 4.69) is 36.6 Å². The van der Waals surface area contributed by atoms with E-state index in [0.717, 1.165) is 29.9 Å². The normalized spacial score (nSPS) is 35.0. The van der Waals surface area contributed by atoms with E-state index in [0.29, 0.717) is 5.54 Å². The Balaban J connectivity index is 1.38. The van der Waals surface area contributed by atoms with Gasteiger partial charge in [0.2, 0.25) is 0 Å². The van der Waals surface area contributed by atoms with Gasteiger partial charge in [-0.05, 0) is 68.1 Å². The molecule has 1 aromatic rings. The smallest absolute Gasteiger partial charge is 0.282 e. The predicted octanol–water partition coefficient (Wildman–Crippen LogP) is 3.11. The maximum atomic E-state index is 12.6. The van der Waals surface area contributed by atoms with Crippen LogP contribution in [0, 0.1) is 17.8 Å². The van der Waals surface area contributed by atoms with Crippen molar-refractivity contribution in [3.63, 3.8) is 0 Å². The van der Waals surface area contributed by atoms with Gasteiger partial charge in [-0.1, -0.05) is 19.1 Å². The van der Waals surface area contributed by atoms with Gasteiger partial charge in [0.1, 0.15) is 0 Å². The summed E-state index contributed by atoms with van der Waals surface area (Å²) in [6.45, 7) is 4.23. The number of amides is 1. The van der Waals surface area contributed by atoms with Crippen molar-refractivity contribution in [2.45, 2.75) is 70.4 Å². The molecule has 4 bridgehead atoms. The number of rotatable bonds is 5. The average molecular weight is 327 g/mol.